The Hall–Kier alpha value is -3.39. The van der Waals surface area contributed by atoms with Gasteiger partial charge in [0.25, 0.3) is 0 Å². The maximum Gasteiger partial charge on any atom is 0.340 e. The topological polar surface area (TPSA) is 101 Å². The van der Waals surface area contributed by atoms with Gasteiger partial charge in [0.1, 0.15) is 17.2 Å². The van der Waals surface area contributed by atoms with Gasteiger partial charge in [-0.25, -0.2) is 9.59 Å². The maximum absolute atomic E-state index is 12.9. The van der Waals surface area contributed by atoms with E-state index < -0.39 is 17.6 Å². The Balaban J connectivity index is 1.58. The Kier molecular flexibility index (Phi) is 5.32. The van der Waals surface area contributed by atoms with E-state index in [1.807, 2.05) is 30.3 Å². The van der Waals surface area contributed by atoms with Crippen molar-refractivity contribution in [3.63, 3.8) is 0 Å². The molecule has 2 aromatic carbocycles. The summed E-state index contributed by atoms with van der Waals surface area (Å²) in [5.74, 6) is -1.40. The lowest BCUT2D eigenvalue weighted by atomic mass is 9.99. The number of nitrogens with zero attached hydrogens (tertiary/aromatic N) is 1. The highest BCUT2D eigenvalue weighted by atomic mass is 79.9. The zero-order valence-corrected chi connectivity index (χ0v) is 19.3. The van der Waals surface area contributed by atoms with Gasteiger partial charge >= 0.3 is 11.6 Å². The van der Waals surface area contributed by atoms with E-state index in [-0.39, 0.29) is 17.9 Å². The number of halogens is 1. The van der Waals surface area contributed by atoms with E-state index in [1.54, 1.807) is 19.3 Å². The number of aryl methyl sites for hydroxylation is 1. The van der Waals surface area contributed by atoms with Crippen LogP contribution in [0.2, 0.25) is 0 Å². The Morgan fingerprint density at radius 2 is 1.91 bits per heavy atom. The summed E-state index contributed by atoms with van der Waals surface area (Å²) in [6.45, 7) is 2.16. The SMILES string of the molecule is Cc1c(CC(=O)N2CCCC2C(=O)O)c(=O)oc2cc3occ(-c4ccc(Br)cc4)c3cc12. The molecule has 3 heterocycles. The second kappa shape index (κ2) is 8.19. The Bertz CT molecular complexity index is 1470. The minimum Gasteiger partial charge on any atom is -0.480 e. The normalized spacial score (nSPS) is 16.1. The lowest BCUT2D eigenvalue weighted by molar-refractivity contribution is -0.148. The van der Waals surface area contributed by atoms with Gasteiger partial charge in [-0.1, -0.05) is 28.1 Å². The molecule has 1 amide bonds. The third kappa shape index (κ3) is 3.74. The van der Waals surface area contributed by atoms with Crippen LogP contribution in [0.5, 0.6) is 0 Å². The molecule has 5 rings (SSSR count). The smallest absolute Gasteiger partial charge is 0.340 e. The third-order valence-corrected chi connectivity index (χ3v) is 6.85. The number of carboxylic acid groups (broad SMARTS) is 1. The molecule has 8 heteroatoms. The fraction of sp³-hybridized carbons (Fsp3) is 0.240. The zero-order valence-electron chi connectivity index (χ0n) is 17.8. The monoisotopic (exact) mass is 509 g/mol. The van der Waals surface area contributed by atoms with Gasteiger partial charge < -0.3 is 18.8 Å². The van der Waals surface area contributed by atoms with E-state index in [2.05, 4.69) is 15.9 Å². The summed E-state index contributed by atoms with van der Waals surface area (Å²) in [6.07, 6.45) is 2.52. The molecule has 1 aliphatic rings. The van der Waals surface area contributed by atoms with Crippen LogP contribution in [0.15, 0.2) is 60.8 Å². The van der Waals surface area contributed by atoms with E-state index >= 15 is 0 Å². The molecule has 33 heavy (non-hydrogen) atoms. The first kappa shape index (κ1) is 21.5. The number of hydrogen-bond donors (Lipinski definition) is 1. The van der Waals surface area contributed by atoms with Gasteiger partial charge in [-0.2, -0.15) is 0 Å². The van der Waals surface area contributed by atoms with Crippen molar-refractivity contribution in [2.45, 2.75) is 32.2 Å². The van der Waals surface area contributed by atoms with Crippen LogP contribution < -0.4 is 5.63 Å². The summed E-state index contributed by atoms with van der Waals surface area (Å²) in [4.78, 5) is 38.4. The molecule has 4 aromatic rings. The Morgan fingerprint density at radius 1 is 1.15 bits per heavy atom. The molecule has 1 atom stereocenters. The van der Waals surface area contributed by atoms with Gasteiger partial charge in [0.15, 0.2) is 0 Å². The van der Waals surface area contributed by atoms with E-state index in [0.29, 0.717) is 41.5 Å². The average molecular weight is 510 g/mol. The molecule has 168 valence electrons. The zero-order chi connectivity index (χ0) is 23.3. The average Bonchev–Trinajstić information content (AvgIpc) is 3.43. The number of amides is 1. The van der Waals surface area contributed by atoms with E-state index in [4.69, 9.17) is 8.83 Å². The molecule has 0 radical (unpaired) electrons. The van der Waals surface area contributed by atoms with Crippen molar-refractivity contribution < 1.29 is 23.5 Å². The van der Waals surface area contributed by atoms with E-state index in [9.17, 15) is 19.5 Å². The van der Waals surface area contributed by atoms with Crippen molar-refractivity contribution in [1.82, 2.24) is 4.90 Å². The highest BCUT2D eigenvalue weighted by molar-refractivity contribution is 9.10. The third-order valence-electron chi connectivity index (χ3n) is 6.32. The number of likely N-dealkylation sites (tertiary alicyclic amines) is 1. The summed E-state index contributed by atoms with van der Waals surface area (Å²) < 4.78 is 12.2. The fourth-order valence-corrected chi connectivity index (χ4v) is 4.81. The number of hydrogen-bond acceptors (Lipinski definition) is 5. The van der Waals surface area contributed by atoms with Gasteiger partial charge in [-0.3, -0.25) is 4.79 Å². The standard InChI is InChI=1S/C25H20BrNO6/c1-13-16-9-18-19(14-4-6-15(26)7-5-14)12-32-21(18)11-22(16)33-25(31)17(13)10-23(28)27-8-2-3-20(27)24(29)30/h4-7,9,11-12,20H,2-3,8,10H2,1H3,(H,29,30). The number of carbonyl (C=O) groups excluding carboxylic acids is 1. The maximum atomic E-state index is 12.9. The largest absolute Gasteiger partial charge is 0.480 e. The van der Waals surface area contributed by atoms with Crippen LogP contribution in [0.4, 0.5) is 0 Å². The molecule has 0 saturated carbocycles. The highest BCUT2D eigenvalue weighted by Crippen LogP contribution is 2.35. The van der Waals surface area contributed by atoms with Gasteiger partial charge in [-0.05, 0) is 49.1 Å². The van der Waals surface area contributed by atoms with Crippen molar-refractivity contribution >= 4 is 49.7 Å². The summed E-state index contributed by atoms with van der Waals surface area (Å²) in [5.41, 5.74) is 3.15. The quantitative estimate of drug-likeness (QED) is 0.392. The lowest BCUT2D eigenvalue weighted by Gasteiger charge is -2.21. The van der Waals surface area contributed by atoms with E-state index in [0.717, 1.165) is 21.0 Å². The van der Waals surface area contributed by atoms with Gasteiger partial charge in [0, 0.05) is 33.4 Å². The number of furan rings is 1. The minimum absolute atomic E-state index is 0.198. The van der Waals surface area contributed by atoms with Crippen LogP contribution in [-0.2, 0) is 16.0 Å². The van der Waals surface area contributed by atoms with Crippen LogP contribution in [0.25, 0.3) is 33.1 Å². The van der Waals surface area contributed by atoms with Crippen molar-refractivity contribution in [2.75, 3.05) is 6.54 Å². The number of rotatable bonds is 4. The first-order valence-electron chi connectivity index (χ1n) is 10.6. The minimum atomic E-state index is -1.02. The fourth-order valence-electron chi connectivity index (χ4n) is 4.54. The molecule has 0 spiro atoms. The van der Waals surface area contributed by atoms with Crippen LogP contribution in [0, 0.1) is 6.92 Å². The number of fused-ring (bicyclic) bond motifs is 2. The second-order valence-corrected chi connectivity index (χ2v) is 9.17. The second-order valence-electron chi connectivity index (χ2n) is 8.25. The van der Waals surface area contributed by atoms with Crippen molar-refractivity contribution in [3.8, 4) is 11.1 Å². The van der Waals surface area contributed by atoms with Crippen LogP contribution >= 0.6 is 15.9 Å². The van der Waals surface area contributed by atoms with Gasteiger partial charge in [0.05, 0.1) is 18.2 Å². The first-order chi connectivity index (χ1) is 15.8. The number of carbonyl (C=O) groups is 2. The Labute approximate surface area is 196 Å². The van der Waals surface area contributed by atoms with Crippen molar-refractivity contribution in [2.24, 2.45) is 0 Å². The summed E-state index contributed by atoms with van der Waals surface area (Å²) in [5, 5.41) is 11.0. The molecular formula is C25H20BrNO6. The van der Waals surface area contributed by atoms with Crippen molar-refractivity contribution in [1.29, 1.82) is 0 Å². The Morgan fingerprint density at radius 3 is 2.64 bits per heavy atom. The lowest BCUT2D eigenvalue weighted by Crippen LogP contribution is -2.41. The molecule has 0 bridgehead atoms. The molecule has 2 aromatic heterocycles. The predicted octanol–water partition coefficient (Wildman–Crippen LogP) is 4.90. The molecular weight excluding hydrogens is 490 g/mol. The molecule has 1 saturated heterocycles. The molecule has 7 nitrogen and oxygen atoms in total. The van der Waals surface area contributed by atoms with Crippen LogP contribution in [-0.4, -0.2) is 34.5 Å². The summed E-state index contributed by atoms with van der Waals surface area (Å²) in [7, 11) is 0. The number of carboxylic acids is 1. The van der Waals surface area contributed by atoms with Crippen LogP contribution in [0.3, 0.4) is 0 Å². The van der Waals surface area contributed by atoms with Crippen molar-refractivity contribution in [3.05, 3.63) is 68.7 Å². The number of benzene rings is 2. The van der Waals surface area contributed by atoms with E-state index in [1.165, 1.54) is 4.90 Å². The predicted molar refractivity (Wildman–Crippen MR) is 126 cm³/mol. The van der Waals surface area contributed by atoms with Gasteiger partial charge in [0.2, 0.25) is 5.91 Å². The van der Waals surface area contributed by atoms with Gasteiger partial charge in [-0.15, -0.1) is 0 Å². The molecule has 1 N–H and O–H groups in total. The molecule has 1 fully saturated rings. The van der Waals surface area contributed by atoms with Crippen LogP contribution in [0.1, 0.15) is 24.0 Å². The molecule has 1 aliphatic heterocycles. The first-order valence-corrected chi connectivity index (χ1v) is 11.4. The molecule has 1 unspecified atom stereocenters. The summed E-state index contributed by atoms with van der Waals surface area (Å²) in [6, 6.07) is 10.6. The summed E-state index contributed by atoms with van der Waals surface area (Å²) >= 11 is 3.44. The number of aliphatic carboxylic acids is 1. The molecule has 0 aliphatic carbocycles. The highest BCUT2D eigenvalue weighted by Gasteiger charge is 2.34.